The van der Waals surface area contributed by atoms with Crippen LogP contribution in [0.1, 0.15) is 5.69 Å². The number of aromatic nitrogens is 2. The Bertz CT molecular complexity index is 951. The van der Waals surface area contributed by atoms with Crippen molar-refractivity contribution in [1.82, 2.24) is 9.55 Å². The zero-order chi connectivity index (χ0) is 15.7. The van der Waals surface area contributed by atoms with Gasteiger partial charge in [0.25, 0.3) is 5.56 Å². The topological polar surface area (TPSA) is 67.9 Å². The van der Waals surface area contributed by atoms with Gasteiger partial charge in [-0.1, -0.05) is 18.2 Å². The van der Waals surface area contributed by atoms with E-state index in [-0.39, 0.29) is 5.56 Å². The Hall–Kier alpha value is -3.13. The van der Waals surface area contributed by atoms with Crippen LogP contribution < -0.4 is 10.3 Å². The molecule has 0 radical (unpaired) electrons. The molecule has 0 bridgehead atoms. The van der Waals surface area contributed by atoms with E-state index in [0.29, 0.717) is 22.2 Å². The number of methoxy groups -OCH3 is 1. The van der Waals surface area contributed by atoms with Crippen molar-refractivity contribution in [1.29, 1.82) is 5.26 Å². The van der Waals surface area contributed by atoms with Crippen molar-refractivity contribution in [2.75, 3.05) is 7.11 Å². The van der Waals surface area contributed by atoms with Crippen molar-refractivity contribution in [2.45, 2.75) is 0 Å². The Morgan fingerprint density at radius 1 is 1.23 bits per heavy atom. The van der Waals surface area contributed by atoms with Crippen LogP contribution in [0, 0.1) is 11.3 Å². The van der Waals surface area contributed by atoms with Gasteiger partial charge in [-0.25, -0.2) is 0 Å². The molecule has 5 heteroatoms. The fourth-order valence-electron chi connectivity index (χ4n) is 2.51. The number of hydrogen-bond acceptors (Lipinski definition) is 4. The Morgan fingerprint density at radius 2 is 1.95 bits per heavy atom. The minimum atomic E-state index is -0.274. The number of pyridine rings is 2. The molecule has 0 saturated carbocycles. The third kappa shape index (κ3) is 2.02. The molecule has 5 nitrogen and oxygen atoms in total. The summed E-state index contributed by atoms with van der Waals surface area (Å²) in [6.07, 6.45) is 1.58. The highest BCUT2D eigenvalue weighted by Crippen LogP contribution is 2.30. The van der Waals surface area contributed by atoms with Gasteiger partial charge in [0.15, 0.2) is 0 Å². The molecular weight excluding hydrogens is 278 g/mol. The highest BCUT2D eigenvalue weighted by Gasteiger charge is 2.16. The van der Waals surface area contributed by atoms with Crippen LogP contribution in [0.2, 0.25) is 0 Å². The summed E-state index contributed by atoms with van der Waals surface area (Å²) in [7, 11) is 3.18. The summed E-state index contributed by atoms with van der Waals surface area (Å²) in [4.78, 5) is 16.5. The largest absolute Gasteiger partial charge is 0.497 e. The lowest BCUT2D eigenvalue weighted by Gasteiger charge is -2.12. The number of ether oxygens (including phenoxy) is 1. The zero-order valence-corrected chi connectivity index (χ0v) is 12.2. The molecule has 0 N–H and O–H groups in total. The number of hydrogen-bond donors (Lipinski definition) is 0. The second-order valence-corrected chi connectivity index (χ2v) is 4.83. The van der Waals surface area contributed by atoms with Gasteiger partial charge in [0.1, 0.15) is 23.0 Å². The molecule has 2 aromatic heterocycles. The fourth-order valence-corrected chi connectivity index (χ4v) is 2.51. The molecular formula is C17H13N3O2. The second-order valence-electron chi connectivity index (χ2n) is 4.83. The predicted octanol–water partition coefficient (Wildman–Crippen LogP) is 2.48. The molecule has 0 aliphatic heterocycles. The number of benzene rings is 1. The van der Waals surface area contributed by atoms with Crippen molar-refractivity contribution in [3.05, 3.63) is 58.6 Å². The van der Waals surface area contributed by atoms with Crippen LogP contribution >= 0.6 is 0 Å². The van der Waals surface area contributed by atoms with E-state index in [1.807, 2.05) is 30.3 Å². The second kappa shape index (κ2) is 5.34. The lowest BCUT2D eigenvalue weighted by atomic mass is 9.99. The molecule has 0 spiro atoms. The minimum Gasteiger partial charge on any atom is -0.497 e. The van der Waals surface area contributed by atoms with Crippen molar-refractivity contribution in [2.24, 2.45) is 7.05 Å². The third-order valence-electron chi connectivity index (χ3n) is 3.64. The van der Waals surface area contributed by atoms with Gasteiger partial charge < -0.3 is 9.30 Å². The van der Waals surface area contributed by atoms with Crippen LogP contribution in [0.15, 0.2) is 47.4 Å². The summed E-state index contributed by atoms with van der Waals surface area (Å²) in [6, 6.07) is 13.1. The standard InChI is InChI=1S/C17H13N3O2/c1-20-14(10-18)15(11-5-7-12(22-2)8-6-11)13-4-3-9-19-16(13)17(20)21/h3-9H,1-2H3. The van der Waals surface area contributed by atoms with Gasteiger partial charge in [0, 0.05) is 24.2 Å². The molecule has 0 atom stereocenters. The van der Waals surface area contributed by atoms with E-state index in [9.17, 15) is 10.1 Å². The van der Waals surface area contributed by atoms with Crippen LogP contribution in [0.4, 0.5) is 0 Å². The van der Waals surface area contributed by atoms with E-state index in [4.69, 9.17) is 4.74 Å². The Labute approximate surface area is 127 Å². The number of nitriles is 1. The van der Waals surface area contributed by atoms with Crippen molar-refractivity contribution >= 4 is 10.9 Å². The van der Waals surface area contributed by atoms with Crippen LogP contribution in [0.25, 0.3) is 22.0 Å². The first kappa shape index (κ1) is 13.8. The van der Waals surface area contributed by atoms with Crippen LogP contribution in [-0.4, -0.2) is 16.7 Å². The molecule has 0 aliphatic carbocycles. The van der Waals surface area contributed by atoms with Crippen LogP contribution in [0.5, 0.6) is 5.75 Å². The monoisotopic (exact) mass is 291 g/mol. The quantitative estimate of drug-likeness (QED) is 0.727. The molecule has 0 unspecified atom stereocenters. The molecule has 0 saturated heterocycles. The molecule has 2 heterocycles. The van der Waals surface area contributed by atoms with E-state index < -0.39 is 0 Å². The average molecular weight is 291 g/mol. The Kier molecular flexibility index (Phi) is 3.36. The molecule has 0 aliphatic rings. The Balaban J connectivity index is 2.43. The first-order valence-electron chi connectivity index (χ1n) is 6.69. The molecule has 0 amide bonds. The maximum absolute atomic E-state index is 12.3. The van der Waals surface area contributed by atoms with Crippen LogP contribution in [-0.2, 0) is 7.05 Å². The van der Waals surface area contributed by atoms with Gasteiger partial charge in [-0.15, -0.1) is 0 Å². The lowest BCUT2D eigenvalue weighted by molar-refractivity contribution is 0.415. The highest BCUT2D eigenvalue weighted by atomic mass is 16.5. The van der Waals surface area contributed by atoms with Gasteiger partial charge in [-0.2, -0.15) is 5.26 Å². The zero-order valence-electron chi connectivity index (χ0n) is 12.2. The predicted molar refractivity (Wildman–Crippen MR) is 83.7 cm³/mol. The summed E-state index contributed by atoms with van der Waals surface area (Å²) in [6.45, 7) is 0. The molecule has 3 rings (SSSR count). The van der Waals surface area contributed by atoms with Crippen molar-refractivity contribution in [3.8, 4) is 22.9 Å². The minimum absolute atomic E-state index is 0.274. The van der Waals surface area contributed by atoms with Gasteiger partial charge in [0.05, 0.1) is 7.11 Å². The fraction of sp³-hybridized carbons (Fsp3) is 0.118. The summed E-state index contributed by atoms with van der Waals surface area (Å²) >= 11 is 0. The maximum Gasteiger partial charge on any atom is 0.277 e. The molecule has 0 fully saturated rings. The number of rotatable bonds is 2. The SMILES string of the molecule is COc1ccc(-c2c(C#N)n(C)c(=O)c3ncccc23)cc1. The van der Waals surface area contributed by atoms with E-state index in [1.54, 1.807) is 26.4 Å². The highest BCUT2D eigenvalue weighted by molar-refractivity contribution is 5.96. The van der Waals surface area contributed by atoms with Gasteiger partial charge in [0.2, 0.25) is 0 Å². The van der Waals surface area contributed by atoms with E-state index in [0.717, 1.165) is 11.3 Å². The van der Waals surface area contributed by atoms with E-state index >= 15 is 0 Å². The smallest absolute Gasteiger partial charge is 0.277 e. The van der Waals surface area contributed by atoms with Crippen LogP contribution in [0.3, 0.4) is 0 Å². The van der Waals surface area contributed by atoms with Gasteiger partial charge >= 0.3 is 0 Å². The summed E-state index contributed by atoms with van der Waals surface area (Å²) < 4.78 is 6.50. The summed E-state index contributed by atoms with van der Waals surface area (Å²) in [5.41, 5.74) is 1.94. The maximum atomic E-state index is 12.3. The normalized spacial score (nSPS) is 10.4. The summed E-state index contributed by atoms with van der Waals surface area (Å²) in [5.74, 6) is 0.731. The number of nitrogens with zero attached hydrogens (tertiary/aromatic N) is 3. The first-order chi connectivity index (χ1) is 10.7. The van der Waals surface area contributed by atoms with E-state index in [2.05, 4.69) is 11.1 Å². The average Bonchev–Trinajstić information content (AvgIpc) is 2.58. The molecule has 108 valence electrons. The third-order valence-corrected chi connectivity index (χ3v) is 3.64. The van der Waals surface area contributed by atoms with Crippen molar-refractivity contribution < 1.29 is 4.74 Å². The lowest BCUT2D eigenvalue weighted by Crippen LogP contribution is -2.21. The molecule has 1 aromatic carbocycles. The van der Waals surface area contributed by atoms with Gasteiger partial charge in [-0.05, 0) is 23.8 Å². The van der Waals surface area contributed by atoms with Gasteiger partial charge in [-0.3, -0.25) is 9.78 Å². The van der Waals surface area contributed by atoms with E-state index in [1.165, 1.54) is 4.57 Å². The van der Waals surface area contributed by atoms with Crippen molar-refractivity contribution in [3.63, 3.8) is 0 Å². The number of fused-ring (bicyclic) bond motifs is 1. The molecule has 3 aromatic rings. The molecule has 22 heavy (non-hydrogen) atoms. The first-order valence-corrected chi connectivity index (χ1v) is 6.69. The summed E-state index contributed by atoms with van der Waals surface area (Å²) in [5, 5.41) is 10.2. The Morgan fingerprint density at radius 3 is 2.59 bits per heavy atom.